The van der Waals surface area contributed by atoms with Crippen LogP contribution in [0.25, 0.3) is 0 Å². The molecule has 0 atom stereocenters. The molecule has 0 aliphatic carbocycles. The number of amides is 2. The number of nitrogens with one attached hydrogen (secondary N) is 2. The third-order valence-corrected chi connectivity index (χ3v) is 4.86. The highest BCUT2D eigenvalue weighted by molar-refractivity contribution is 6.43. The Hall–Kier alpha value is -3.68. The first-order valence-electron chi connectivity index (χ1n) is 9.30. The zero-order valence-corrected chi connectivity index (χ0v) is 18.3. The van der Waals surface area contributed by atoms with Crippen LogP contribution in [0.5, 0.6) is 5.75 Å². The summed E-state index contributed by atoms with van der Waals surface area (Å²) >= 11 is 11.7. The van der Waals surface area contributed by atoms with Gasteiger partial charge in [-0.25, -0.2) is 10.2 Å². The third-order valence-electron chi connectivity index (χ3n) is 4.12. The molecule has 2 amide bonds. The molecule has 0 heterocycles. The Morgan fingerprint density at radius 1 is 0.906 bits per heavy atom. The number of hydrazone groups is 1. The number of hydrogen-bond acceptors (Lipinski definition) is 5. The average Bonchev–Trinajstić information content (AvgIpc) is 2.77. The Kier molecular flexibility index (Phi) is 7.59. The summed E-state index contributed by atoms with van der Waals surface area (Å²) in [7, 11) is 0. The normalized spacial score (nSPS) is 10.6. The first-order chi connectivity index (χ1) is 15.3. The summed E-state index contributed by atoms with van der Waals surface area (Å²) in [5.74, 6) is -2.09. The van der Waals surface area contributed by atoms with Gasteiger partial charge in [0.2, 0.25) is 0 Å². The molecule has 32 heavy (non-hydrogen) atoms. The number of rotatable bonds is 5. The molecule has 0 fully saturated rings. The fourth-order valence-electron chi connectivity index (χ4n) is 2.49. The van der Waals surface area contributed by atoms with Gasteiger partial charge in [-0.05, 0) is 55.0 Å². The average molecular weight is 470 g/mol. The predicted molar refractivity (Wildman–Crippen MR) is 123 cm³/mol. The van der Waals surface area contributed by atoms with E-state index in [4.69, 9.17) is 27.9 Å². The Balaban J connectivity index is 1.56. The van der Waals surface area contributed by atoms with Crippen molar-refractivity contribution in [2.24, 2.45) is 5.10 Å². The van der Waals surface area contributed by atoms with Crippen LogP contribution in [0.3, 0.4) is 0 Å². The Labute approximate surface area is 194 Å². The van der Waals surface area contributed by atoms with Gasteiger partial charge in [-0.15, -0.1) is 0 Å². The van der Waals surface area contributed by atoms with E-state index in [9.17, 15) is 14.4 Å². The van der Waals surface area contributed by atoms with Crippen molar-refractivity contribution < 1.29 is 19.1 Å². The number of ether oxygens (including phenoxy) is 1. The van der Waals surface area contributed by atoms with Gasteiger partial charge in [0.15, 0.2) is 0 Å². The van der Waals surface area contributed by atoms with Crippen LogP contribution in [0.4, 0.5) is 5.69 Å². The van der Waals surface area contributed by atoms with E-state index in [1.165, 1.54) is 24.4 Å². The molecule has 0 spiro atoms. The lowest BCUT2D eigenvalue weighted by Gasteiger charge is -2.06. The summed E-state index contributed by atoms with van der Waals surface area (Å²) in [6.45, 7) is 1.92. The van der Waals surface area contributed by atoms with Gasteiger partial charge in [0.05, 0.1) is 21.8 Å². The van der Waals surface area contributed by atoms with Crippen molar-refractivity contribution in [1.82, 2.24) is 5.43 Å². The van der Waals surface area contributed by atoms with E-state index in [2.05, 4.69) is 15.8 Å². The standard InChI is InChI=1S/C23H17Cl2N3O4/c1-14-5-7-16(8-6-14)23(31)32-18-4-2-3-15(11-18)13-26-28-22(30)21(29)27-17-9-10-19(24)20(25)12-17/h2-13H,1H3,(H,27,29)(H,28,30)/b26-13+. The molecule has 0 aliphatic heterocycles. The summed E-state index contributed by atoms with van der Waals surface area (Å²) in [4.78, 5) is 36.1. The SMILES string of the molecule is Cc1ccc(C(=O)Oc2cccc(/C=N/NC(=O)C(=O)Nc3ccc(Cl)c(Cl)c3)c2)cc1. The van der Waals surface area contributed by atoms with Gasteiger partial charge in [-0.3, -0.25) is 9.59 Å². The lowest BCUT2D eigenvalue weighted by Crippen LogP contribution is -2.32. The molecule has 0 aliphatic rings. The molecular formula is C23H17Cl2N3O4. The second-order valence-corrected chi connectivity index (χ2v) is 7.42. The number of aryl methyl sites for hydroxylation is 1. The number of benzene rings is 3. The van der Waals surface area contributed by atoms with Crippen LogP contribution in [0.1, 0.15) is 21.5 Å². The van der Waals surface area contributed by atoms with E-state index in [0.29, 0.717) is 27.6 Å². The number of nitrogens with zero attached hydrogens (tertiary/aromatic N) is 1. The van der Waals surface area contributed by atoms with Crippen molar-refractivity contribution in [3.63, 3.8) is 0 Å². The highest BCUT2D eigenvalue weighted by Gasteiger charge is 2.13. The number of esters is 1. The van der Waals surface area contributed by atoms with Crippen molar-refractivity contribution in [3.05, 3.63) is 93.5 Å². The van der Waals surface area contributed by atoms with Crippen LogP contribution in [-0.2, 0) is 9.59 Å². The largest absolute Gasteiger partial charge is 0.423 e. The topological polar surface area (TPSA) is 96.9 Å². The summed E-state index contributed by atoms with van der Waals surface area (Å²) in [5.41, 5.74) is 4.44. The number of halogens is 2. The molecule has 0 bridgehead atoms. The fourth-order valence-corrected chi connectivity index (χ4v) is 2.79. The molecule has 0 unspecified atom stereocenters. The summed E-state index contributed by atoms with van der Waals surface area (Å²) in [6, 6.07) is 18.0. The molecule has 0 aromatic heterocycles. The van der Waals surface area contributed by atoms with Crippen molar-refractivity contribution >= 4 is 52.9 Å². The molecule has 3 aromatic carbocycles. The van der Waals surface area contributed by atoms with Gasteiger partial charge >= 0.3 is 17.8 Å². The fraction of sp³-hybridized carbons (Fsp3) is 0.0435. The predicted octanol–water partition coefficient (Wildman–Crippen LogP) is 4.61. The highest BCUT2D eigenvalue weighted by Crippen LogP contribution is 2.24. The van der Waals surface area contributed by atoms with Gasteiger partial charge in [0.25, 0.3) is 0 Å². The van der Waals surface area contributed by atoms with Crippen molar-refractivity contribution in [1.29, 1.82) is 0 Å². The first-order valence-corrected chi connectivity index (χ1v) is 10.1. The maximum atomic E-state index is 12.2. The van der Waals surface area contributed by atoms with Crippen molar-refractivity contribution in [3.8, 4) is 5.75 Å². The molecule has 3 rings (SSSR count). The molecule has 162 valence electrons. The van der Waals surface area contributed by atoms with Crippen molar-refractivity contribution in [2.75, 3.05) is 5.32 Å². The van der Waals surface area contributed by atoms with Gasteiger partial charge < -0.3 is 10.1 Å². The molecular weight excluding hydrogens is 453 g/mol. The summed E-state index contributed by atoms with van der Waals surface area (Å²) in [5, 5.41) is 6.70. The van der Waals surface area contributed by atoms with Crippen LogP contribution in [0, 0.1) is 6.92 Å². The molecule has 0 radical (unpaired) electrons. The maximum absolute atomic E-state index is 12.2. The third kappa shape index (κ3) is 6.41. The summed E-state index contributed by atoms with van der Waals surface area (Å²) in [6.07, 6.45) is 1.31. The minimum atomic E-state index is -0.978. The number of hydrogen-bond donors (Lipinski definition) is 2. The van der Waals surface area contributed by atoms with E-state index >= 15 is 0 Å². The maximum Gasteiger partial charge on any atom is 0.343 e. The zero-order valence-electron chi connectivity index (χ0n) is 16.8. The van der Waals surface area contributed by atoms with E-state index in [1.807, 2.05) is 19.1 Å². The Bertz CT molecular complexity index is 1190. The zero-order chi connectivity index (χ0) is 23.1. The number of carbonyl (C=O) groups excluding carboxylic acids is 3. The lowest BCUT2D eigenvalue weighted by molar-refractivity contribution is -0.136. The van der Waals surface area contributed by atoms with Crippen molar-refractivity contribution in [2.45, 2.75) is 6.92 Å². The van der Waals surface area contributed by atoms with E-state index < -0.39 is 17.8 Å². The van der Waals surface area contributed by atoms with E-state index in [1.54, 1.807) is 36.4 Å². The quantitative estimate of drug-likeness (QED) is 0.187. The molecule has 3 aromatic rings. The first kappa shape index (κ1) is 23.0. The molecule has 0 saturated carbocycles. The smallest absolute Gasteiger partial charge is 0.343 e. The van der Waals surface area contributed by atoms with Crippen LogP contribution < -0.4 is 15.5 Å². The van der Waals surface area contributed by atoms with Gasteiger partial charge in [-0.2, -0.15) is 5.10 Å². The highest BCUT2D eigenvalue weighted by atomic mass is 35.5. The molecule has 2 N–H and O–H groups in total. The molecule has 9 heteroatoms. The van der Waals surface area contributed by atoms with Gasteiger partial charge in [0, 0.05) is 5.69 Å². The van der Waals surface area contributed by atoms with E-state index in [0.717, 1.165) is 5.56 Å². The van der Waals surface area contributed by atoms with Gasteiger partial charge in [-0.1, -0.05) is 53.0 Å². The number of anilines is 1. The minimum Gasteiger partial charge on any atom is -0.423 e. The van der Waals surface area contributed by atoms with Crippen LogP contribution >= 0.6 is 23.2 Å². The van der Waals surface area contributed by atoms with Crippen LogP contribution in [0.2, 0.25) is 10.0 Å². The molecule has 0 saturated heterocycles. The van der Waals surface area contributed by atoms with E-state index in [-0.39, 0.29) is 5.02 Å². The second-order valence-electron chi connectivity index (χ2n) is 6.61. The minimum absolute atomic E-state index is 0.242. The second kappa shape index (κ2) is 10.6. The van der Waals surface area contributed by atoms with Gasteiger partial charge in [0.1, 0.15) is 5.75 Å². The van der Waals surface area contributed by atoms with Crippen LogP contribution in [0.15, 0.2) is 71.8 Å². The van der Waals surface area contributed by atoms with Crippen LogP contribution in [-0.4, -0.2) is 24.0 Å². The Morgan fingerprint density at radius 3 is 2.38 bits per heavy atom. The lowest BCUT2D eigenvalue weighted by atomic mass is 10.1. The number of carbonyl (C=O) groups is 3. The summed E-state index contributed by atoms with van der Waals surface area (Å²) < 4.78 is 5.36. The monoisotopic (exact) mass is 469 g/mol. The Morgan fingerprint density at radius 2 is 1.66 bits per heavy atom. The molecule has 7 nitrogen and oxygen atoms in total.